The summed E-state index contributed by atoms with van der Waals surface area (Å²) in [7, 11) is 0. The van der Waals surface area contributed by atoms with Crippen molar-refractivity contribution < 1.29 is 4.79 Å². The molecule has 52 valence electrons. The smallest absolute Gasteiger partial charge is 0.123 e. The second kappa shape index (κ2) is 3.32. The molecule has 0 aromatic heterocycles. The Morgan fingerprint density at radius 1 is 1.67 bits per heavy atom. The zero-order valence-electron chi connectivity index (χ0n) is 5.14. The SMILES string of the molecule is O=C[C@@H]1CCN[C@@H](Br)C1. The van der Waals surface area contributed by atoms with Crippen LogP contribution in [0.25, 0.3) is 0 Å². The quantitative estimate of drug-likeness (QED) is 0.380. The molecule has 1 aliphatic rings. The summed E-state index contributed by atoms with van der Waals surface area (Å²) in [6, 6.07) is 0. The first kappa shape index (κ1) is 7.22. The van der Waals surface area contributed by atoms with E-state index in [1.807, 2.05) is 0 Å². The lowest BCUT2D eigenvalue weighted by Gasteiger charge is -2.22. The number of hydrogen-bond acceptors (Lipinski definition) is 2. The van der Waals surface area contributed by atoms with Gasteiger partial charge >= 0.3 is 0 Å². The summed E-state index contributed by atoms with van der Waals surface area (Å²) in [6.07, 6.45) is 2.98. The maximum atomic E-state index is 10.3. The fourth-order valence-corrected chi connectivity index (χ4v) is 1.73. The van der Waals surface area contributed by atoms with Crippen molar-refractivity contribution in [3.8, 4) is 0 Å². The number of alkyl halides is 1. The normalized spacial score (nSPS) is 36.1. The first-order valence-corrected chi connectivity index (χ1v) is 4.07. The minimum Gasteiger partial charge on any atom is -0.305 e. The van der Waals surface area contributed by atoms with Gasteiger partial charge in [0.2, 0.25) is 0 Å². The number of halogens is 1. The molecule has 0 aliphatic carbocycles. The van der Waals surface area contributed by atoms with Crippen LogP contribution in [0.3, 0.4) is 0 Å². The maximum Gasteiger partial charge on any atom is 0.123 e. The molecule has 1 rings (SSSR count). The zero-order valence-corrected chi connectivity index (χ0v) is 6.73. The Morgan fingerprint density at radius 2 is 2.44 bits per heavy atom. The molecule has 0 spiro atoms. The third-order valence-electron chi connectivity index (χ3n) is 1.58. The van der Waals surface area contributed by atoms with E-state index in [9.17, 15) is 4.79 Å². The van der Waals surface area contributed by atoms with Crippen LogP contribution < -0.4 is 5.32 Å². The largest absolute Gasteiger partial charge is 0.305 e. The summed E-state index contributed by atoms with van der Waals surface area (Å²) in [5.41, 5.74) is 0. The van der Waals surface area contributed by atoms with E-state index in [2.05, 4.69) is 21.2 Å². The Morgan fingerprint density at radius 3 is 2.89 bits per heavy atom. The number of rotatable bonds is 1. The van der Waals surface area contributed by atoms with Crippen molar-refractivity contribution in [2.24, 2.45) is 5.92 Å². The predicted molar refractivity (Wildman–Crippen MR) is 39.5 cm³/mol. The lowest BCUT2D eigenvalue weighted by atomic mass is 10.0. The Labute approximate surface area is 63.1 Å². The Hall–Kier alpha value is 0.110. The van der Waals surface area contributed by atoms with E-state index in [0.29, 0.717) is 4.95 Å². The van der Waals surface area contributed by atoms with Crippen molar-refractivity contribution in [2.75, 3.05) is 6.54 Å². The standard InChI is InChI=1S/C6H10BrNO/c7-6-3-5(4-9)1-2-8-6/h4-6,8H,1-3H2/t5-,6-/m1/s1. The molecule has 1 saturated heterocycles. The van der Waals surface area contributed by atoms with Crippen molar-refractivity contribution in [3.63, 3.8) is 0 Å². The Kier molecular flexibility index (Phi) is 2.66. The van der Waals surface area contributed by atoms with Crippen molar-refractivity contribution in [3.05, 3.63) is 0 Å². The van der Waals surface area contributed by atoms with Crippen LogP contribution in [0.4, 0.5) is 0 Å². The van der Waals surface area contributed by atoms with E-state index in [-0.39, 0.29) is 5.92 Å². The van der Waals surface area contributed by atoms with E-state index >= 15 is 0 Å². The second-order valence-corrected chi connectivity index (χ2v) is 3.45. The summed E-state index contributed by atoms with van der Waals surface area (Å²) in [6.45, 7) is 0.958. The van der Waals surface area contributed by atoms with Gasteiger partial charge in [0.25, 0.3) is 0 Å². The molecule has 0 unspecified atom stereocenters. The van der Waals surface area contributed by atoms with E-state index in [1.54, 1.807) is 0 Å². The summed E-state index contributed by atoms with van der Waals surface area (Å²) < 4.78 is 0. The topological polar surface area (TPSA) is 29.1 Å². The first-order valence-electron chi connectivity index (χ1n) is 3.15. The van der Waals surface area contributed by atoms with Crippen molar-refractivity contribution in [1.29, 1.82) is 0 Å². The molecule has 1 aliphatic heterocycles. The van der Waals surface area contributed by atoms with Gasteiger partial charge in [-0.1, -0.05) is 15.9 Å². The van der Waals surface area contributed by atoms with Crippen LogP contribution in [0.2, 0.25) is 0 Å². The summed E-state index contributed by atoms with van der Waals surface area (Å²) in [4.78, 5) is 10.6. The van der Waals surface area contributed by atoms with Crippen LogP contribution in [0.15, 0.2) is 0 Å². The average Bonchev–Trinajstić information content (AvgIpc) is 1.88. The van der Waals surface area contributed by atoms with Crippen LogP contribution >= 0.6 is 15.9 Å². The highest BCUT2D eigenvalue weighted by Crippen LogP contribution is 2.16. The van der Waals surface area contributed by atoms with Crippen molar-refractivity contribution >= 4 is 22.2 Å². The zero-order chi connectivity index (χ0) is 6.69. The van der Waals surface area contributed by atoms with E-state index < -0.39 is 0 Å². The monoisotopic (exact) mass is 191 g/mol. The molecule has 1 fully saturated rings. The fourth-order valence-electron chi connectivity index (χ4n) is 1.02. The highest BCUT2D eigenvalue weighted by Gasteiger charge is 2.17. The Bertz CT molecular complexity index is 107. The van der Waals surface area contributed by atoms with Crippen LogP contribution in [-0.4, -0.2) is 17.8 Å². The average molecular weight is 192 g/mol. The van der Waals surface area contributed by atoms with Crippen LogP contribution in [-0.2, 0) is 4.79 Å². The minimum atomic E-state index is 0.274. The number of nitrogens with one attached hydrogen (secondary N) is 1. The van der Waals surface area contributed by atoms with E-state index in [0.717, 1.165) is 25.7 Å². The van der Waals surface area contributed by atoms with Gasteiger partial charge in [-0.25, -0.2) is 0 Å². The molecule has 2 atom stereocenters. The summed E-state index contributed by atoms with van der Waals surface area (Å²) in [5, 5.41) is 3.20. The van der Waals surface area contributed by atoms with Crippen LogP contribution in [0.1, 0.15) is 12.8 Å². The second-order valence-electron chi connectivity index (χ2n) is 2.34. The molecule has 0 radical (unpaired) electrons. The van der Waals surface area contributed by atoms with Gasteiger partial charge in [0, 0.05) is 5.92 Å². The molecule has 9 heavy (non-hydrogen) atoms. The Balaban J connectivity index is 2.31. The molecule has 3 heteroatoms. The molecule has 0 saturated carbocycles. The summed E-state index contributed by atoms with van der Waals surface area (Å²) in [5.74, 6) is 0.274. The molecule has 0 aromatic rings. The number of carbonyl (C=O) groups excluding carboxylic acids is 1. The fraction of sp³-hybridized carbons (Fsp3) is 0.833. The van der Waals surface area contributed by atoms with Gasteiger partial charge in [0.15, 0.2) is 0 Å². The van der Waals surface area contributed by atoms with Gasteiger partial charge in [0.1, 0.15) is 6.29 Å². The van der Waals surface area contributed by atoms with Gasteiger partial charge < -0.3 is 10.1 Å². The van der Waals surface area contributed by atoms with Gasteiger partial charge in [-0.05, 0) is 19.4 Å². The first-order chi connectivity index (χ1) is 4.33. The van der Waals surface area contributed by atoms with Crippen molar-refractivity contribution in [1.82, 2.24) is 5.32 Å². The molecule has 2 nitrogen and oxygen atoms in total. The molecule has 0 amide bonds. The molecule has 0 aromatic carbocycles. The van der Waals surface area contributed by atoms with Gasteiger partial charge in [0.05, 0.1) is 4.95 Å². The van der Waals surface area contributed by atoms with Gasteiger partial charge in [-0.3, -0.25) is 0 Å². The van der Waals surface area contributed by atoms with E-state index in [1.165, 1.54) is 0 Å². The van der Waals surface area contributed by atoms with Crippen molar-refractivity contribution in [2.45, 2.75) is 17.8 Å². The lowest BCUT2D eigenvalue weighted by Crippen LogP contribution is -2.34. The number of hydrogen-bond donors (Lipinski definition) is 1. The highest BCUT2D eigenvalue weighted by atomic mass is 79.9. The number of piperidine rings is 1. The molecular weight excluding hydrogens is 182 g/mol. The minimum absolute atomic E-state index is 0.274. The van der Waals surface area contributed by atoms with Gasteiger partial charge in [-0.2, -0.15) is 0 Å². The third-order valence-corrected chi connectivity index (χ3v) is 2.28. The lowest BCUT2D eigenvalue weighted by molar-refractivity contribution is -0.111. The maximum absolute atomic E-state index is 10.3. The highest BCUT2D eigenvalue weighted by molar-refractivity contribution is 9.09. The summed E-state index contributed by atoms with van der Waals surface area (Å²) >= 11 is 3.40. The van der Waals surface area contributed by atoms with Gasteiger partial charge in [-0.15, -0.1) is 0 Å². The third kappa shape index (κ3) is 2.06. The molecule has 1 heterocycles. The number of aldehydes is 1. The predicted octanol–water partition coefficient (Wildman–Crippen LogP) is 0.906. The van der Waals surface area contributed by atoms with Crippen LogP contribution in [0.5, 0.6) is 0 Å². The van der Waals surface area contributed by atoms with Crippen LogP contribution in [0, 0.1) is 5.92 Å². The molecule has 0 bridgehead atoms. The molecular formula is C6H10BrNO. The number of carbonyl (C=O) groups is 1. The van der Waals surface area contributed by atoms with E-state index in [4.69, 9.17) is 0 Å². The molecule has 1 N–H and O–H groups in total.